The number of hydrogen-bond donors (Lipinski definition) is 2. The first kappa shape index (κ1) is 13.1. The number of nitriles is 1. The summed E-state index contributed by atoms with van der Waals surface area (Å²) in [6.45, 7) is 0.150. The summed E-state index contributed by atoms with van der Waals surface area (Å²) in [6.07, 6.45) is 3.09. The number of pyridine rings is 1. The van der Waals surface area contributed by atoms with E-state index in [4.69, 9.17) is 5.26 Å². The van der Waals surface area contributed by atoms with Gasteiger partial charge in [-0.3, -0.25) is 5.10 Å². The highest BCUT2D eigenvalue weighted by Crippen LogP contribution is 2.11. The molecule has 0 aromatic carbocycles. The zero-order chi connectivity index (χ0) is 13.7. The molecule has 0 amide bonds. The molecular formula is C10H10N6O2S. The molecule has 8 nitrogen and oxygen atoms in total. The molecule has 0 radical (unpaired) electrons. The average Bonchev–Trinajstić information content (AvgIpc) is 2.91. The van der Waals surface area contributed by atoms with Crippen molar-refractivity contribution in [1.29, 1.82) is 5.26 Å². The van der Waals surface area contributed by atoms with Gasteiger partial charge in [0.15, 0.2) is 5.69 Å². The Morgan fingerprint density at radius 1 is 1.42 bits per heavy atom. The summed E-state index contributed by atoms with van der Waals surface area (Å²) >= 11 is 0. The zero-order valence-corrected chi connectivity index (χ0v) is 10.6. The SMILES string of the molecule is N#Cc1ncccc1S(=O)(=O)NCCc1ncn[nH]1. The monoisotopic (exact) mass is 278 g/mol. The lowest BCUT2D eigenvalue weighted by Crippen LogP contribution is -2.27. The maximum absolute atomic E-state index is 12.0. The Balaban J connectivity index is 2.08. The maximum Gasteiger partial charge on any atom is 0.243 e. The van der Waals surface area contributed by atoms with Crippen LogP contribution in [-0.4, -0.2) is 35.1 Å². The van der Waals surface area contributed by atoms with E-state index in [-0.39, 0.29) is 17.1 Å². The first-order valence-electron chi connectivity index (χ1n) is 5.32. The normalized spacial score (nSPS) is 11.1. The Hall–Kier alpha value is -2.31. The number of H-pyrrole nitrogens is 1. The molecule has 2 aromatic rings. The minimum Gasteiger partial charge on any atom is -0.263 e. The topological polar surface area (TPSA) is 124 Å². The van der Waals surface area contributed by atoms with Gasteiger partial charge in [-0.05, 0) is 12.1 Å². The molecule has 2 rings (SSSR count). The number of sulfonamides is 1. The highest BCUT2D eigenvalue weighted by Gasteiger charge is 2.18. The number of nitrogens with one attached hydrogen (secondary N) is 2. The van der Waals surface area contributed by atoms with E-state index in [2.05, 4.69) is 24.9 Å². The summed E-state index contributed by atoms with van der Waals surface area (Å²) in [5.41, 5.74) is -0.130. The Morgan fingerprint density at radius 3 is 2.95 bits per heavy atom. The summed E-state index contributed by atoms with van der Waals surface area (Å²) in [5, 5.41) is 15.1. The molecular weight excluding hydrogens is 268 g/mol. The minimum atomic E-state index is -3.75. The Bertz CT molecular complexity index is 689. The number of aromatic amines is 1. The van der Waals surface area contributed by atoms with E-state index < -0.39 is 10.0 Å². The van der Waals surface area contributed by atoms with Crippen LogP contribution in [0.5, 0.6) is 0 Å². The van der Waals surface area contributed by atoms with Crippen molar-refractivity contribution in [2.75, 3.05) is 6.54 Å². The Morgan fingerprint density at radius 2 is 2.26 bits per heavy atom. The molecule has 0 saturated carbocycles. The van der Waals surface area contributed by atoms with Crippen molar-refractivity contribution >= 4 is 10.0 Å². The fourth-order valence-corrected chi connectivity index (χ4v) is 2.56. The molecule has 0 aliphatic carbocycles. The van der Waals surface area contributed by atoms with Crippen LogP contribution in [0.25, 0.3) is 0 Å². The zero-order valence-electron chi connectivity index (χ0n) is 9.74. The molecule has 2 aromatic heterocycles. The quantitative estimate of drug-likeness (QED) is 0.766. The summed E-state index contributed by atoms with van der Waals surface area (Å²) in [6, 6.07) is 4.55. The average molecular weight is 278 g/mol. The van der Waals surface area contributed by atoms with E-state index in [1.807, 2.05) is 0 Å². The van der Waals surface area contributed by atoms with Crippen LogP contribution < -0.4 is 4.72 Å². The number of aromatic nitrogens is 4. The highest BCUT2D eigenvalue weighted by atomic mass is 32.2. The molecule has 0 unspecified atom stereocenters. The standard InChI is InChI=1S/C10H10N6O2S/c11-6-8-9(2-1-4-12-8)19(17,18)15-5-3-10-13-7-14-16-10/h1-2,4,7,15H,3,5H2,(H,13,14,16). The molecule has 0 aliphatic heterocycles. The van der Waals surface area contributed by atoms with Gasteiger partial charge in [0.1, 0.15) is 23.1 Å². The van der Waals surface area contributed by atoms with Crippen molar-refractivity contribution in [3.05, 3.63) is 36.2 Å². The van der Waals surface area contributed by atoms with Gasteiger partial charge in [0, 0.05) is 19.2 Å². The first-order chi connectivity index (χ1) is 9.13. The number of rotatable bonds is 5. The fourth-order valence-electron chi connectivity index (χ4n) is 1.42. The number of hydrogen-bond acceptors (Lipinski definition) is 6. The third-order valence-electron chi connectivity index (χ3n) is 2.28. The Labute approximate surface area is 109 Å². The second-order valence-corrected chi connectivity index (χ2v) is 5.28. The summed E-state index contributed by atoms with van der Waals surface area (Å²) < 4.78 is 26.4. The predicted octanol–water partition coefficient (Wildman–Crippen LogP) is -0.408. The van der Waals surface area contributed by atoms with Crippen LogP contribution in [0.3, 0.4) is 0 Å². The molecule has 0 fully saturated rings. The minimum absolute atomic E-state index is 0.130. The van der Waals surface area contributed by atoms with Gasteiger partial charge in [-0.25, -0.2) is 23.1 Å². The van der Waals surface area contributed by atoms with Crippen LogP contribution >= 0.6 is 0 Å². The van der Waals surface area contributed by atoms with E-state index in [1.165, 1.54) is 24.7 Å². The molecule has 19 heavy (non-hydrogen) atoms. The van der Waals surface area contributed by atoms with Gasteiger partial charge < -0.3 is 0 Å². The van der Waals surface area contributed by atoms with Crippen molar-refractivity contribution in [1.82, 2.24) is 24.9 Å². The van der Waals surface area contributed by atoms with E-state index in [9.17, 15) is 8.42 Å². The van der Waals surface area contributed by atoms with E-state index in [0.717, 1.165) is 0 Å². The van der Waals surface area contributed by atoms with Gasteiger partial charge >= 0.3 is 0 Å². The van der Waals surface area contributed by atoms with Crippen LogP contribution in [-0.2, 0) is 16.4 Å². The summed E-state index contributed by atoms with van der Waals surface area (Å²) in [4.78, 5) is 7.46. The van der Waals surface area contributed by atoms with Crippen LogP contribution in [0.15, 0.2) is 29.6 Å². The second-order valence-electron chi connectivity index (χ2n) is 3.54. The van der Waals surface area contributed by atoms with Crippen molar-refractivity contribution in [3.8, 4) is 6.07 Å². The predicted molar refractivity (Wildman–Crippen MR) is 64.2 cm³/mol. The fraction of sp³-hybridized carbons (Fsp3) is 0.200. The van der Waals surface area contributed by atoms with Gasteiger partial charge in [0.05, 0.1) is 0 Å². The van der Waals surface area contributed by atoms with Gasteiger partial charge in [0.2, 0.25) is 10.0 Å². The molecule has 0 aliphatic rings. The van der Waals surface area contributed by atoms with Crippen LogP contribution in [0.4, 0.5) is 0 Å². The van der Waals surface area contributed by atoms with Crippen molar-refractivity contribution in [2.24, 2.45) is 0 Å². The molecule has 0 bridgehead atoms. The van der Waals surface area contributed by atoms with Gasteiger partial charge in [-0.15, -0.1) is 0 Å². The van der Waals surface area contributed by atoms with Gasteiger partial charge in [-0.2, -0.15) is 10.4 Å². The molecule has 0 spiro atoms. The Kier molecular flexibility index (Phi) is 3.84. The van der Waals surface area contributed by atoms with Crippen LogP contribution in [0.1, 0.15) is 11.5 Å². The molecule has 98 valence electrons. The lowest BCUT2D eigenvalue weighted by atomic mass is 10.4. The van der Waals surface area contributed by atoms with Gasteiger partial charge in [0.25, 0.3) is 0 Å². The second kappa shape index (κ2) is 5.55. The van der Waals surface area contributed by atoms with Crippen molar-refractivity contribution in [3.63, 3.8) is 0 Å². The molecule has 0 atom stereocenters. The van der Waals surface area contributed by atoms with E-state index in [1.54, 1.807) is 6.07 Å². The molecule has 9 heteroatoms. The van der Waals surface area contributed by atoms with Crippen LogP contribution in [0.2, 0.25) is 0 Å². The third kappa shape index (κ3) is 3.12. The molecule has 2 heterocycles. The summed E-state index contributed by atoms with van der Waals surface area (Å²) in [5.74, 6) is 0.578. The van der Waals surface area contributed by atoms with Gasteiger partial charge in [-0.1, -0.05) is 0 Å². The van der Waals surface area contributed by atoms with Crippen LogP contribution in [0, 0.1) is 11.3 Å². The highest BCUT2D eigenvalue weighted by molar-refractivity contribution is 7.89. The largest absolute Gasteiger partial charge is 0.263 e. The molecule has 0 saturated heterocycles. The van der Waals surface area contributed by atoms with Crippen molar-refractivity contribution in [2.45, 2.75) is 11.3 Å². The van der Waals surface area contributed by atoms with Crippen molar-refractivity contribution < 1.29 is 8.42 Å². The van der Waals surface area contributed by atoms with E-state index in [0.29, 0.717) is 12.2 Å². The van der Waals surface area contributed by atoms with E-state index >= 15 is 0 Å². The lowest BCUT2D eigenvalue weighted by molar-refractivity contribution is 0.580. The maximum atomic E-state index is 12.0. The lowest BCUT2D eigenvalue weighted by Gasteiger charge is -2.06. The third-order valence-corrected chi connectivity index (χ3v) is 3.78. The molecule has 2 N–H and O–H groups in total. The summed E-state index contributed by atoms with van der Waals surface area (Å²) in [7, 11) is -3.75. The smallest absolute Gasteiger partial charge is 0.243 e. The number of nitrogens with zero attached hydrogens (tertiary/aromatic N) is 4. The first-order valence-corrected chi connectivity index (χ1v) is 6.81.